The van der Waals surface area contributed by atoms with Crippen LogP contribution in [0.3, 0.4) is 0 Å². The molecule has 0 atom stereocenters. The van der Waals surface area contributed by atoms with Crippen molar-refractivity contribution in [3.05, 3.63) is 53.6 Å². The van der Waals surface area contributed by atoms with Crippen LogP contribution in [-0.2, 0) is 17.4 Å². The quantitative estimate of drug-likeness (QED) is 0.456. The SMILES string of the molecule is O=P(O)(O)Oc1cccc(O)c1CCCCc1cccc(O)c1. The minimum Gasteiger partial charge on any atom is -0.508 e. The van der Waals surface area contributed by atoms with Crippen molar-refractivity contribution >= 4 is 7.82 Å². The van der Waals surface area contributed by atoms with Crippen LogP contribution >= 0.6 is 7.82 Å². The number of benzene rings is 2. The van der Waals surface area contributed by atoms with Crippen LogP contribution in [-0.4, -0.2) is 20.0 Å². The maximum atomic E-state index is 11.0. The van der Waals surface area contributed by atoms with E-state index >= 15 is 0 Å². The molecule has 0 bridgehead atoms. The fourth-order valence-electron chi connectivity index (χ4n) is 2.36. The number of phenols is 2. The molecule has 0 saturated heterocycles. The van der Waals surface area contributed by atoms with E-state index in [1.54, 1.807) is 18.2 Å². The topological polar surface area (TPSA) is 107 Å². The van der Waals surface area contributed by atoms with E-state index in [1.165, 1.54) is 18.2 Å². The largest absolute Gasteiger partial charge is 0.524 e. The molecule has 0 radical (unpaired) electrons. The van der Waals surface area contributed by atoms with Gasteiger partial charge in [-0.25, -0.2) is 4.57 Å². The third kappa shape index (κ3) is 5.60. The molecular formula is C16H19O6P. The second kappa shape index (κ2) is 7.51. The fraction of sp³-hybridized carbons (Fsp3) is 0.250. The van der Waals surface area contributed by atoms with Crippen molar-refractivity contribution < 1.29 is 29.1 Å². The van der Waals surface area contributed by atoms with Crippen molar-refractivity contribution in [1.82, 2.24) is 0 Å². The van der Waals surface area contributed by atoms with E-state index in [0.29, 0.717) is 18.4 Å². The molecule has 0 spiro atoms. The molecular weight excluding hydrogens is 319 g/mol. The second-order valence-electron chi connectivity index (χ2n) is 5.21. The number of hydrogen-bond donors (Lipinski definition) is 4. The van der Waals surface area contributed by atoms with Gasteiger partial charge in [0, 0.05) is 5.56 Å². The number of hydrogen-bond acceptors (Lipinski definition) is 4. The van der Waals surface area contributed by atoms with Gasteiger partial charge in [0.1, 0.15) is 17.2 Å². The summed E-state index contributed by atoms with van der Waals surface area (Å²) in [6, 6.07) is 11.3. The van der Waals surface area contributed by atoms with E-state index in [1.807, 2.05) is 6.07 Å². The zero-order valence-electron chi connectivity index (χ0n) is 12.4. The standard InChI is InChI=1S/C16H19O6P/c17-13-7-3-6-12(11-13)5-1-2-8-14-15(18)9-4-10-16(14)22-23(19,20)21/h3-4,6-7,9-11,17-18H,1-2,5,8H2,(H2,19,20,21). The highest BCUT2D eigenvalue weighted by atomic mass is 31.2. The molecule has 2 rings (SSSR count). The van der Waals surface area contributed by atoms with Crippen LogP contribution in [0.5, 0.6) is 17.2 Å². The van der Waals surface area contributed by atoms with Gasteiger partial charge in [0.15, 0.2) is 0 Å². The molecule has 4 N–H and O–H groups in total. The van der Waals surface area contributed by atoms with Crippen molar-refractivity contribution in [3.8, 4) is 17.2 Å². The van der Waals surface area contributed by atoms with Crippen LogP contribution in [0.2, 0.25) is 0 Å². The number of phosphoric acid groups is 1. The van der Waals surface area contributed by atoms with E-state index in [4.69, 9.17) is 9.79 Å². The molecule has 0 heterocycles. The van der Waals surface area contributed by atoms with E-state index in [9.17, 15) is 14.8 Å². The summed E-state index contributed by atoms with van der Waals surface area (Å²) in [4.78, 5) is 17.8. The number of unbranched alkanes of at least 4 members (excludes halogenated alkanes) is 1. The van der Waals surface area contributed by atoms with Gasteiger partial charge in [-0.15, -0.1) is 0 Å². The van der Waals surface area contributed by atoms with Crippen molar-refractivity contribution in [1.29, 1.82) is 0 Å². The van der Waals surface area contributed by atoms with Gasteiger partial charge in [-0.05, 0) is 55.5 Å². The zero-order chi connectivity index (χ0) is 16.9. The Hall–Kier alpha value is -2.01. The Bertz CT molecular complexity index is 709. The van der Waals surface area contributed by atoms with E-state index in [-0.39, 0.29) is 17.2 Å². The van der Waals surface area contributed by atoms with Crippen LogP contribution in [0.1, 0.15) is 24.0 Å². The molecule has 0 saturated carbocycles. The predicted molar refractivity (Wildman–Crippen MR) is 85.5 cm³/mol. The predicted octanol–water partition coefficient (Wildman–Crippen LogP) is 3.13. The minimum atomic E-state index is -4.67. The molecule has 0 aliphatic carbocycles. The molecule has 0 aliphatic rings. The van der Waals surface area contributed by atoms with Gasteiger partial charge >= 0.3 is 7.82 Å². The van der Waals surface area contributed by atoms with Crippen LogP contribution in [0.4, 0.5) is 0 Å². The van der Waals surface area contributed by atoms with Crippen LogP contribution in [0.25, 0.3) is 0 Å². The molecule has 7 heteroatoms. The molecule has 0 fully saturated rings. The van der Waals surface area contributed by atoms with Gasteiger partial charge < -0.3 is 14.7 Å². The highest BCUT2D eigenvalue weighted by molar-refractivity contribution is 7.46. The van der Waals surface area contributed by atoms with Crippen LogP contribution < -0.4 is 4.52 Å². The van der Waals surface area contributed by atoms with Crippen molar-refractivity contribution in [3.63, 3.8) is 0 Å². The molecule has 0 aromatic heterocycles. The van der Waals surface area contributed by atoms with Gasteiger partial charge in [-0.2, -0.15) is 0 Å². The normalized spacial score (nSPS) is 11.4. The van der Waals surface area contributed by atoms with E-state index < -0.39 is 7.82 Å². The van der Waals surface area contributed by atoms with Gasteiger partial charge in [0.2, 0.25) is 0 Å². The van der Waals surface area contributed by atoms with Crippen molar-refractivity contribution in [2.75, 3.05) is 0 Å². The van der Waals surface area contributed by atoms with E-state index in [0.717, 1.165) is 18.4 Å². The molecule has 2 aromatic carbocycles. The summed E-state index contributed by atoms with van der Waals surface area (Å²) < 4.78 is 15.6. The Morgan fingerprint density at radius 2 is 1.65 bits per heavy atom. The highest BCUT2D eigenvalue weighted by Crippen LogP contribution is 2.41. The first kappa shape index (κ1) is 17.3. The molecule has 0 amide bonds. The van der Waals surface area contributed by atoms with Gasteiger partial charge in [0.05, 0.1) is 0 Å². The van der Waals surface area contributed by atoms with Crippen molar-refractivity contribution in [2.45, 2.75) is 25.7 Å². The fourth-order valence-corrected chi connectivity index (χ4v) is 2.79. The van der Waals surface area contributed by atoms with Crippen molar-refractivity contribution in [2.24, 2.45) is 0 Å². The Morgan fingerprint density at radius 3 is 2.35 bits per heavy atom. The zero-order valence-corrected chi connectivity index (χ0v) is 13.3. The molecule has 0 aliphatic heterocycles. The number of aromatic hydroxyl groups is 2. The first-order chi connectivity index (χ1) is 10.8. The van der Waals surface area contributed by atoms with Gasteiger partial charge in [-0.3, -0.25) is 9.79 Å². The monoisotopic (exact) mass is 338 g/mol. The molecule has 6 nitrogen and oxygen atoms in total. The molecule has 2 aromatic rings. The van der Waals surface area contributed by atoms with Crippen LogP contribution in [0.15, 0.2) is 42.5 Å². The molecule has 124 valence electrons. The molecule has 23 heavy (non-hydrogen) atoms. The lowest BCUT2D eigenvalue weighted by Crippen LogP contribution is -1.97. The highest BCUT2D eigenvalue weighted by Gasteiger charge is 2.19. The summed E-state index contributed by atoms with van der Waals surface area (Å²) >= 11 is 0. The maximum absolute atomic E-state index is 11.0. The Labute approximate surface area is 134 Å². The van der Waals surface area contributed by atoms with Gasteiger partial charge in [-0.1, -0.05) is 18.2 Å². The first-order valence-corrected chi connectivity index (χ1v) is 8.72. The summed E-state index contributed by atoms with van der Waals surface area (Å²) in [5, 5.41) is 19.3. The number of phosphoric ester groups is 1. The number of aryl methyl sites for hydroxylation is 1. The third-order valence-corrected chi connectivity index (χ3v) is 3.81. The lowest BCUT2D eigenvalue weighted by molar-refractivity contribution is 0.281. The Balaban J connectivity index is 1.96. The van der Waals surface area contributed by atoms with Gasteiger partial charge in [0.25, 0.3) is 0 Å². The maximum Gasteiger partial charge on any atom is 0.524 e. The smallest absolute Gasteiger partial charge is 0.508 e. The summed E-state index contributed by atoms with van der Waals surface area (Å²) in [6.45, 7) is 0. The molecule has 0 unspecified atom stereocenters. The minimum absolute atomic E-state index is 0.00399. The average Bonchev–Trinajstić information content (AvgIpc) is 2.44. The summed E-state index contributed by atoms with van der Waals surface area (Å²) in [5.41, 5.74) is 1.39. The summed E-state index contributed by atoms with van der Waals surface area (Å²) in [5.74, 6) is 0.171. The number of phenolic OH excluding ortho intramolecular Hbond substituents is 2. The first-order valence-electron chi connectivity index (χ1n) is 7.19. The average molecular weight is 338 g/mol. The summed E-state index contributed by atoms with van der Waals surface area (Å²) in [7, 11) is -4.67. The van der Waals surface area contributed by atoms with Crippen LogP contribution in [0, 0.1) is 0 Å². The lowest BCUT2D eigenvalue weighted by Gasteiger charge is -2.13. The summed E-state index contributed by atoms with van der Waals surface area (Å²) in [6.07, 6.45) is 2.69. The van der Waals surface area contributed by atoms with E-state index in [2.05, 4.69) is 4.52 Å². The second-order valence-corrected chi connectivity index (χ2v) is 6.38. The Morgan fingerprint density at radius 1 is 0.957 bits per heavy atom. The Kier molecular flexibility index (Phi) is 5.66. The third-order valence-electron chi connectivity index (χ3n) is 3.38. The number of rotatable bonds is 7. The lowest BCUT2D eigenvalue weighted by atomic mass is 10.0.